The van der Waals surface area contributed by atoms with Crippen LogP contribution in [0.25, 0.3) is 0 Å². The molecule has 2 heterocycles. The number of hydrogen-bond acceptors (Lipinski definition) is 4. The number of rotatable bonds is 2. The van der Waals surface area contributed by atoms with Crippen molar-refractivity contribution in [2.24, 2.45) is 0 Å². The molecule has 0 unspecified atom stereocenters. The van der Waals surface area contributed by atoms with Crippen molar-refractivity contribution >= 4 is 33.2 Å². The molecule has 0 fully saturated rings. The van der Waals surface area contributed by atoms with Gasteiger partial charge in [-0.05, 0) is 47.1 Å². The topological polar surface area (TPSA) is 80.9 Å². The monoisotopic (exact) mass is 306 g/mol. The van der Waals surface area contributed by atoms with Crippen LogP contribution in [0.1, 0.15) is 16.2 Å². The van der Waals surface area contributed by atoms with Gasteiger partial charge in [-0.3, -0.25) is 4.79 Å². The highest BCUT2D eigenvalue weighted by atomic mass is 79.9. The van der Waals surface area contributed by atoms with Gasteiger partial charge in [0.1, 0.15) is 4.60 Å². The Bertz CT molecular complexity index is 600. The largest absolute Gasteiger partial charge is 0.397 e. The smallest absolute Gasteiger partial charge is 0.276 e. The zero-order valence-electron chi connectivity index (χ0n) is 9.64. The summed E-state index contributed by atoms with van der Waals surface area (Å²) in [6.45, 7) is 1.81. The van der Waals surface area contributed by atoms with E-state index in [-0.39, 0.29) is 11.6 Å². The van der Waals surface area contributed by atoms with Crippen molar-refractivity contribution < 1.29 is 4.79 Å². The number of halogens is 1. The second kappa shape index (κ2) is 5.14. The van der Waals surface area contributed by atoms with Gasteiger partial charge in [0.2, 0.25) is 0 Å². The van der Waals surface area contributed by atoms with Gasteiger partial charge in [0.05, 0.1) is 17.1 Å². The lowest BCUT2D eigenvalue weighted by Gasteiger charge is -2.08. The lowest BCUT2D eigenvalue weighted by Crippen LogP contribution is -2.16. The standard InChI is InChI=1S/C12H11BrN4O/c1-7-9(4-5-10(13)16-7)17-12(18)11-8(14)3-2-6-15-11/h2-6H,14H2,1H3,(H,17,18). The molecular formula is C12H11BrN4O. The molecular weight excluding hydrogens is 296 g/mol. The molecule has 0 atom stereocenters. The minimum Gasteiger partial charge on any atom is -0.397 e. The van der Waals surface area contributed by atoms with Crippen molar-refractivity contribution in [1.29, 1.82) is 0 Å². The van der Waals surface area contributed by atoms with Crippen LogP contribution >= 0.6 is 15.9 Å². The minimum atomic E-state index is -0.347. The molecule has 92 valence electrons. The number of nitrogen functional groups attached to an aromatic ring is 1. The summed E-state index contributed by atoms with van der Waals surface area (Å²) in [7, 11) is 0. The highest BCUT2D eigenvalue weighted by Gasteiger charge is 2.12. The molecule has 0 saturated carbocycles. The zero-order chi connectivity index (χ0) is 13.1. The zero-order valence-corrected chi connectivity index (χ0v) is 11.2. The number of carbonyl (C=O) groups excluding carboxylic acids is 1. The first-order chi connectivity index (χ1) is 8.58. The highest BCUT2D eigenvalue weighted by Crippen LogP contribution is 2.17. The first kappa shape index (κ1) is 12.5. The first-order valence-electron chi connectivity index (χ1n) is 5.23. The highest BCUT2D eigenvalue weighted by molar-refractivity contribution is 9.10. The average Bonchev–Trinajstić information content (AvgIpc) is 2.33. The van der Waals surface area contributed by atoms with E-state index in [1.807, 2.05) is 6.92 Å². The van der Waals surface area contributed by atoms with E-state index < -0.39 is 0 Å². The second-order valence-corrected chi connectivity index (χ2v) is 4.47. The van der Waals surface area contributed by atoms with Crippen molar-refractivity contribution in [1.82, 2.24) is 9.97 Å². The summed E-state index contributed by atoms with van der Waals surface area (Å²) in [5, 5.41) is 2.73. The second-order valence-electron chi connectivity index (χ2n) is 3.66. The fourth-order valence-electron chi connectivity index (χ4n) is 1.45. The maximum absolute atomic E-state index is 12.0. The van der Waals surface area contributed by atoms with Crippen LogP contribution in [0.5, 0.6) is 0 Å². The van der Waals surface area contributed by atoms with Crippen molar-refractivity contribution in [3.8, 4) is 0 Å². The molecule has 0 aromatic carbocycles. The number of nitrogens with zero attached hydrogens (tertiary/aromatic N) is 2. The fourth-order valence-corrected chi connectivity index (χ4v) is 1.85. The van der Waals surface area contributed by atoms with Crippen LogP contribution in [-0.4, -0.2) is 15.9 Å². The van der Waals surface area contributed by atoms with Crippen LogP contribution < -0.4 is 11.1 Å². The lowest BCUT2D eigenvalue weighted by atomic mass is 10.2. The van der Waals surface area contributed by atoms with Crippen LogP contribution in [0.15, 0.2) is 35.1 Å². The van der Waals surface area contributed by atoms with Gasteiger partial charge in [0.25, 0.3) is 5.91 Å². The van der Waals surface area contributed by atoms with Crippen LogP contribution in [0.4, 0.5) is 11.4 Å². The number of hydrogen-bond donors (Lipinski definition) is 2. The van der Waals surface area contributed by atoms with E-state index in [9.17, 15) is 4.79 Å². The molecule has 0 aliphatic carbocycles. The average molecular weight is 307 g/mol. The SMILES string of the molecule is Cc1nc(Br)ccc1NC(=O)c1ncccc1N. The van der Waals surface area contributed by atoms with Gasteiger partial charge in [-0.2, -0.15) is 0 Å². The van der Waals surface area contributed by atoms with Crippen molar-refractivity contribution in [3.05, 3.63) is 46.5 Å². The Labute approximate surface area is 113 Å². The Kier molecular flexibility index (Phi) is 3.57. The van der Waals surface area contributed by atoms with E-state index in [0.717, 1.165) is 4.60 Å². The Morgan fingerprint density at radius 2 is 2.17 bits per heavy atom. The van der Waals surface area contributed by atoms with E-state index in [0.29, 0.717) is 17.1 Å². The van der Waals surface area contributed by atoms with Crippen molar-refractivity contribution in [3.63, 3.8) is 0 Å². The minimum absolute atomic E-state index is 0.208. The molecule has 0 aliphatic rings. The molecule has 5 nitrogen and oxygen atoms in total. The number of nitrogens with one attached hydrogen (secondary N) is 1. The molecule has 18 heavy (non-hydrogen) atoms. The summed E-state index contributed by atoms with van der Waals surface area (Å²) in [6.07, 6.45) is 1.53. The van der Waals surface area contributed by atoms with E-state index in [1.165, 1.54) is 6.20 Å². The van der Waals surface area contributed by atoms with Crippen LogP contribution in [-0.2, 0) is 0 Å². The Hall–Kier alpha value is -1.95. The predicted molar refractivity (Wildman–Crippen MR) is 73.3 cm³/mol. The molecule has 0 spiro atoms. The summed E-state index contributed by atoms with van der Waals surface area (Å²) in [5.74, 6) is -0.347. The normalized spacial score (nSPS) is 10.1. The summed E-state index contributed by atoms with van der Waals surface area (Å²) >= 11 is 3.26. The van der Waals surface area contributed by atoms with Gasteiger partial charge in [-0.1, -0.05) is 0 Å². The molecule has 0 bridgehead atoms. The molecule has 1 amide bonds. The maximum atomic E-state index is 12.0. The van der Waals surface area contributed by atoms with Gasteiger partial charge < -0.3 is 11.1 Å². The quantitative estimate of drug-likeness (QED) is 0.835. The predicted octanol–water partition coefficient (Wildman–Crippen LogP) is 2.38. The van der Waals surface area contributed by atoms with Crippen LogP contribution in [0.3, 0.4) is 0 Å². The number of aromatic nitrogens is 2. The molecule has 2 aromatic rings. The Morgan fingerprint density at radius 3 is 2.83 bits per heavy atom. The van der Waals surface area contributed by atoms with Crippen LogP contribution in [0.2, 0.25) is 0 Å². The molecule has 0 radical (unpaired) electrons. The van der Waals surface area contributed by atoms with Gasteiger partial charge >= 0.3 is 0 Å². The molecule has 3 N–H and O–H groups in total. The fraction of sp³-hybridized carbons (Fsp3) is 0.0833. The van der Waals surface area contributed by atoms with E-state index in [2.05, 4.69) is 31.2 Å². The number of anilines is 2. The molecule has 0 saturated heterocycles. The summed E-state index contributed by atoms with van der Waals surface area (Å²) in [4.78, 5) is 20.1. The molecule has 0 aliphatic heterocycles. The third-order valence-corrected chi connectivity index (χ3v) is 2.80. The lowest BCUT2D eigenvalue weighted by molar-refractivity contribution is 0.102. The molecule has 2 rings (SSSR count). The third kappa shape index (κ3) is 2.65. The number of pyridine rings is 2. The Balaban J connectivity index is 2.24. The van der Waals surface area contributed by atoms with Gasteiger partial charge in [0.15, 0.2) is 5.69 Å². The van der Waals surface area contributed by atoms with E-state index in [4.69, 9.17) is 5.73 Å². The van der Waals surface area contributed by atoms with Crippen molar-refractivity contribution in [2.45, 2.75) is 6.92 Å². The summed E-state index contributed by atoms with van der Waals surface area (Å²) in [5.41, 5.74) is 7.59. The van der Waals surface area contributed by atoms with Gasteiger partial charge in [-0.15, -0.1) is 0 Å². The van der Waals surface area contributed by atoms with E-state index >= 15 is 0 Å². The summed E-state index contributed by atoms with van der Waals surface area (Å²) < 4.78 is 0.718. The van der Waals surface area contributed by atoms with Crippen LogP contribution in [0, 0.1) is 6.92 Å². The number of aryl methyl sites for hydroxylation is 1. The van der Waals surface area contributed by atoms with Crippen molar-refractivity contribution in [2.75, 3.05) is 11.1 Å². The number of carbonyl (C=O) groups is 1. The molecule has 2 aromatic heterocycles. The third-order valence-electron chi connectivity index (χ3n) is 2.35. The maximum Gasteiger partial charge on any atom is 0.276 e. The Morgan fingerprint density at radius 1 is 1.39 bits per heavy atom. The first-order valence-corrected chi connectivity index (χ1v) is 6.02. The number of nitrogens with two attached hydrogens (primary N) is 1. The molecule has 6 heteroatoms. The van der Waals surface area contributed by atoms with Gasteiger partial charge in [-0.25, -0.2) is 9.97 Å². The van der Waals surface area contributed by atoms with E-state index in [1.54, 1.807) is 24.3 Å². The number of amides is 1. The summed E-state index contributed by atoms with van der Waals surface area (Å²) in [6, 6.07) is 6.83. The van der Waals surface area contributed by atoms with Gasteiger partial charge in [0, 0.05) is 6.20 Å².